The largest absolute Gasteiger partial charge is 0.279 e. The third kappa shape index (κ3) is 4.95. The van der Waals surface area contributed by atoms with Gasteiger partial charge in [0.05, 0.1) is 15.5 Å². The summed E-state index contributed by atoms with van der Waals surface area (Å²) in [6.07, 6.45) is 2.86. The Morgan fingerprint density at radius 1 is 1.19 bits per heavy atom. The summed E-state index contributed by atoms with van der Waals surface area (Å²) in [5, 5.41) is 0. The van der Waals surface area contributed by atoms with Crippen molar-refractivity contribution in [2.24, 2.45) is 5.92 Å². The highest BCUT2D eigenvalue weighted by Crippen LogP contribution is 2.32. The van der Waals surface area contributed by atoms with Crippen molar-refractivity contribution in [3.8, 4) is 0 Å². The van der Waals surface area contributed by atoms with E-state index in [4.69, 9.17) is 0 Å². The van der Waals surface area contributed by atoms with Gasteiger partial charge in [0.15, 0.2) is 9.84 Å². The number of sulfone groups is 1. The van der Waals surface area contributed by atoms with E-state index in [1.807, 2.05) is 6.07 Å². The van der Waals surface area contributed by atoms with Crippen molar-refractivity contribution in [3.63, 3.8) is 0 Å². The Morgan fingerprint density at radius 2 is 1.93 bits per heavy atom. The van der Waals surface area contributed by atoms with Gasteiger partial charge in [-0.3, -0.25) is 20.4 Å². The second-order valence-electron chi connectivity index (χ2n) is 6.79. The van der Waals surface area contributed by atoms with Gasteiger partial charge in [-0.2, -0.15) is 0 Å². The zero-order valence-corrected chi connectivity index (χ0v) is 16.7. The molecule has 0 bridgehead atoms. The molecule has 1 heterocycles. The lowest BCUT2D eigenvalue weighted by molar-refractivity contribution is -0.121. The first-order valence-electron chi connectivity index (χ1n) is 8.84. The lowest BCUT2D eigenvalue weighted by atomic mass is 9.90. The molecule has 1 aromatic heterocycles. The minimum Gasteiger partial charge on any atom is -0.273 e. The first kappa shape index (κ1) is 19.6. The maximum absolute atomic E-state index is 12.2. The highest BCUT2D eigenvalue weighted by atomic mass is 32.2. The normalized spacial score (nSPS) is 16.4. The molecular formula is C19H22N2O4S2. The number of hydrogen-bond acceptors (Lipinski definition) is 5. The SMILES string of the molecule is CC1CCc2sc(C(=O)NNC(=O)CCS(=O)(=O)c3ccccc3)cc2C1. The van der Waals surface area contributed by atoms with Gasteiger partial charge in [0.2, 0.25) is 5.91 Å². The topological polar surface area (TPSA) is 92.3 Å². The van der Waals surface area contributed by atoms with Crippen molar-refractivity contribution in [2.45, 2.75) is 37.5 Å². The number of amides is 2. The summed E-state index contributed by atoms with van der Waals surface area (Å²) in [4.78, 5) is 26.1. The van der Waals surface area contributed by atoms with Gasteiger partial charge in [-0.15, -0.1) is 11.3 Å². The molecule has 0 aliphatic heterocycles. The van der Waals surface area contributed by atoms with Gasteiger partial charge in [0, 0.05) is 11.3 Å². The number of fused-ring (bicyclic) bond motifs is 1. The van der Waals surface area contributed by atoms with Crippen molar-refractivity contribution < 1.29 is 18.0 Å². The van der Waals surface area contributed by atoms with Crippen molar-refractivity contribution in [3.05, 3.63) is 51.7 Å². The number of benzene rings is 1. The van der Waals surface area contributed by atoms with Gasteiger partial charge in [-0.1, -0.05) is 25.1 Å². The first-order chi connectivity index (χ1) is 12.8. The van der Waals surface area contributed by atoms with Crippen molar-refractivity contribution in [1.29, 1.82) is 0 Å². The Hall–Kier alpha value is -2.19. The molecule has 27 heavy (non-hydrogen) atoms. The quantitative estimate of drug-likeness (QED) is 0.746. The van der Waals surface area contributed by atoms with E-state index in [0.717, 1.165) is 19.3 Å². The molecule has 1 atom stereocenters. The third-order valence-electron chi connectivity index (χ3n) is 4.57. The van der Waals surface area contributed by atoms with E-state index in [9.17, 15) is 18.0 Å². The zero-order valence-electron chi connectivity index (χ0n) is 15.0. The molecule has 1 aromatic carbocycles. The van der Waals surface area contributed by atoms with Crippen LogP contribution < -0.4 is 10.9 Å². The van der Waals surface area contributed by atoms with E-state index >= 15 is 0 Å². The van der Waals surface area contributed by atoms with Crippen molar-refractivity contribution in [2.75, 3.05) is 5.75 Å². The molecule has 2 N–H and O–H groups in total. The number of thiophene rings is 1. The average Bonchev–Trinajstić information content (AvgIpc) is 3.08. The van der Waals surface area contributed by atoms with Crippen LogP contribution in [0.5, 0.6) is 0 Å². The third-order valence-corrected chi connectivity index (χ3v) is 7.54. The maximum atomic E-state index is 12.2. The van der Waals surface area contributed by atoms with Crippen molar-refractivity contribution >= 4 is 33.0 Å². The van der Waals surface area contributed by atoms with Crippen LogP contribution in [0.4, 0.5) is 0 Å². The minimum absolute atomic E-state index is 0.181. The number of nitrogens with one attached hydrogen (secondary N) is 2. The molecule has 0 fully saturated rings. The average molecular weight is 407 g/mol. The van der Waals surface area contributed by atoms with Crippen LogP contribution in [0.25, 0.3) is 0 Å². The summed E-state index contributed by atoms with van der Waals surface area (Å²) < 4.78 is 24.3. The number of rotatable bonds is 5. The van der Waals surface area contributed by atoms with E-state index in [2.05, 4.69) is 17.8 Å². The summed E-state index contributed by atoms with van der Waals surface area (Å²) in [5.41, 5.74) is 5.88. The lowest BCUT2D eigenvalue weighted by Crippen LogP contribution is -2.41. The van der Waals surface area contributed by atoms with E-state index in [1.54, 1.807) is 18.2 Å². The summed E-state index contributed by atoms with van der Waals surface area (Å²) in [7, 11) is -3.52. The summed E-state index contributed by atoms with van der Waals surface area (Å²) in [6, 6.07) is 9.87. The smallest absolute Gasteiger partial charge is 0.273 e. The second kappa shape index (κ2) is 8.22. The number of aryl methyl sites for hydroxylation is 1. The molecule has 0 saturated carbocycles. The Morgan fingerprint density at radius 3 is 2.67 bits per heavy atom. The van der Waals surface area contributed by atoms with Crippen LogP contribution in [0.15, 0.2) is 41.3 Å². The van der Waals surface area contributed by atoms with E-state index < -0.39 is 15.7 Å². The van der Waals surface area contributed by atoms with Crippen LogP contribution in [0.3, 0.4) is 0 Å². The first-order valence-corrected chi connectivity index (χ1v) is 11.3. The Bertz CT molecular complexity index is 936. The van der Waals surface area contributed by atoms with Crippen molar-refractivity contribution in [1.82, 2.24) is 10.9 Å². The monoisotopic (exact) mass is 406 g/mol. The Balaban J connectivity index is 1.50. The second-order valence-corrected chi connectivity index (χ2v) is 10.0. The highest BCUT2D eigenvalue weighted by molar-refractivity contribution is 7.91. The molecule has 144 valence electrons. The van der Waals surface area contributed by atoms with E-state index in [-0.39, 0.29) is 23.0 Å². The molecule has 6 nitrogen and oxygen atoms in total. The predicted octanol–water partition coefficient (Wildman–Crippen LogP) is 2.50. The Kier molecular flexibility index (Phi) is 5.96. The lowest BCUT2D eigenvalue weighted by Gasteiger charge is -2.16. The predicted molar refractivity (Wildman–Crippen MR) is 104 cm³/mol. The molecule has 3 rings (SSSR count). The van der Waals surface area contributed by atoms with Crippen LogP contribution in [-0.2, 0) is 27.5 Å². The molecule has 0 spiro atoms. The molecule has 1 aliphatic rings. The number of carbonyl (C=O) groups is 2. The standard InChI is InChI=1S/C19H22N2O4S2/c1-13-7-8-16-14(11-13)12-17(26-16)19(23)21-20-18(22)9-10-27(24,25)15-5-3-2-4-6-15/h2-6,12-13H,7-11H2,1H3,(H,20,22)(H,21,23). The summed E-state index contributed by atoms with van der Waals surface area (Å²) >= 11 is 1.45. The summed E-state index contributed by atoms with van der Waals surface area (Å²) in [6.45, 7) is 2.20. The molecule has 0 radical (unpaired) electrons. The van der Waals surface area contributed by atoms with Gasteiger partial charge in [0.25, 0.3) is 5.91 Å². The van der Waals surface area contributed by atoms with Crippen LogP contribution in [0.1, 0.15) is 39.9 Å². The molecule has 1 unspecified atom stereocenters. The van der Waals surface area contributed by atoms with Crippen LogP contribution in [0.2, 0.25) is 0 Å². The maximum Gasteiger partial charge on any atom is 0.279 e. The van der Waals surface area contributed by atoms with Gasteiger partial charge >= 0.3 is 0 Å². The van der Waals surface area contributed by atoms with Gasteiger partial charge in [0.1, 0.15) is 0 Å². The number of hydrazine groups is 1. The van der Waals surface area contributed by atoms with Gasteiger partial charge in [-0.25, -0.2) is 8.42 Å². The molecule has 2 amide bonds. The molecule has 8 heteroatoms. The van der Waals surface area contributed by atoms with Gasteiger partial charge < -0.3 is 0 Å². The Labute approximate surface area is 162 Å². The molecule has 2 aromatic rings. The number of carbonyl (C=O) groups excluding carboxylic acids is 2. The molecular weight excluding hydrogens is 384 g/mol. The minimum atomic E-state index is -3.52. The highest BCUT2D eigenvalue weighted by Gasteiger charge is 2.21. The van der Waals surface area contributed by atoms with E-state index in [0.29, 0.717) is 10.8 Å². The molecule has 0 saturated heterocycles. The fraction of sp³-hybridized carbons (Fsp3) is 0.368. The molecule has 1 aliphatic carbocycles. The van der Waals surface area contributed by atoms with Crippen LogP contribution in [0, 0.1) is 5.92 Å². The van der Waals surface area contributed by atoms with Crippen LogP contribution >= 0.6 is 11.3 Å². The fourth-order valence-electron chi connectivity index (χ4n) is 3.04. The van der Waals surface area contributed by atoms with E-state index in [1.165, 1.54) is 33.9 Å². The fourth-order valence-corrected chi connectivity index (χ4v) is 5.41. The summed E-state index contributed by atoms with van der Waals surface area (Å²) in [5.74, 6) is -0.613. The number of hydrogen-bond donors (Lipinski definition) is 2. The van der Waals surface area contributed by atoms with Crippen LogP contribution in [-0.4, -0.2) is 26.0 Å². The van der Waals surface area contributed by atoms with Gasteiger partial charge in [-0.05, 0) is 48.9 Å². The zero-order chi connectivity index (χ0) is 19.4.